The highest BCUT2D eigenvalue weighted by Gasteiger charge is 2.23. The van der Waals surface area contributed by atoms with Gasteiger partial charge in [0.05, 0.1) is 16.0 Å². The first-order valence-corrected chi connectivity index (χ1v) is 15.2. The fourth-order valence-electron chi connectivity index (χ4n) is 4.39. The Morgan fingerprint density at radius 1 is 1.28 bits per heavy atom. The minimum Gasteiger partial charge on any atom is -0.325 e. The smallest absolute Gasteiger partial charge is 0.263 e. The monoisotopic (exact) mass is 546 g/mol. The Balaban J connectivity index is 1.54. The molecule has 1 aromatic carbocycles. The minimum absolute atomic E-state index is 0.0210. The highest BCUT2D eigenvalue weighted by Crippen LogP contribution is 2.34. The maximum Gasteiger partial charge on any atom is 0.263 e. The summed E-state index contributed by atoms with van der Waals surface area (Å²) in [6, 6.07) is 6.24. The number of hydrogen-bond donors (Lipinski definition) is 1. The molecule has 1 N–H and O–H groups in total. The first kappa shape index (κ1) is 26.6. The summed E-state index contributed by atoms with van der Waals surface area (Å²) in [5, 5.41) is 3.94. The van der Waals surface area contributed by atoms with Gasteiger partial charge in [-0.1, -0.05) is 37.8 Å². The Morgan fingerprint density at radius 2 is 2.03 bits per heavy atom. The molecule has 0 bridgehead atoms. The zero-order valence-corrected chi connectivity index (χ0v) is 22.9. The van der Waals surface area contributed by atoms with E-state index in [1.807, 2.05) is 0 Å². The van der Waals surface area contributed by atoms with E-state index in [4.69, 9.17) is 4.98 Å². The van der Waals surface area contributed by atoms with Crippen molar-refractivity contribution in [3.63, 3.8) is 0 Å². The lowest BCUT2D eigenvalue weighted by atomic mass is 9.97. The van der Waals surface area contributed by atoms with Gasteiger partial charge in [-0.2, -0.15) is 4.31 Å². The number of thioether (sulfide) groups is 1. The summed E-state index contributed by atoms with van der Waals surface area (Å²) in [5.41, 5.74) is 1.44. The number of carbonyl (C=O) groups excluding carboxylic acids is 1. The average Bonchev–Trinajstić information content (AvgIpc) is 3.24. The normalized spacial score (nSPS) is 13.6. The van der Waals surface area contributed by atoms with Crippen LogP contribution in [0.3, 0.4) is 0 Å². The lowest BCUT2D eigenvalue weighted by Gasteiger charge is -2.18. The lowest BCUT2D eigenvalue weighted by Crippen LogP contribution is -2.30. The number of benzene rings is 1. The van der Waals surface area contributed by atoms with Gasteiger partial charge in [0, 0.05) is 30.2 Å². The second-order valence-electron chi connectivity index (χ2n) is 8.44. The fraction of sp³-hybridized carbons (Fsp3) is 0.400. The molecular weight excluding hydrogens is 517 g/mol. The van der Waals surface area contributed by atoms with Crippen molar-refractivity contribution in [1.29, 1.82) is 0 Å². The Kier molecular flexibility index (Phi) is 8.34. The van der Waals surface area contributed by atoms with Crippen LogP contribution in [0.15, 0.2) is 51.8 Å². The highest BCUT2D eigenvalue weighted by atomic mass is 32.2. The van der Waals surface area contributed by atoms with Gasteiger partial charge in [-0.15, -0.1) is 17.9 Å². The average molecular weight is 547 g/mol. The van der Waals surface area contributed by atoms with Crippen LogP contribution >= 0.6 is 23.1 Å². The molecule has 0 saturated carbocycles. The van der Waals surface area contributed by atoms with Crippen molar-refractivity contribution in [2.75, 3.05) is 24.2 Å². The number of nitrogens with zero attached hydrogens (tertiary/aromatic N) is 3. The van der Waals surface area contributed by atoms with Crippen molar-refractivity contribution in [3.05, 3.63) is 57.7 Å². The summed E-state index contributed by atoms with van der Waals surface area (Å²) in [6.45, 7) is 8.38. The van der Waals surface area contributed by atoms with Crippen LogP contribution in [0.25, 0.3) is 10.2 Å². The van der Waals surface area contributed by atoms with Crippen molar-refractivity contribution in [1.82, 2.24) is 13.9 Å². The number of allylic oxidation sites excluding steroid dienone is 1. The maximum atomic E-state index is 13.4. The number of aryl methyl sites for hydroxylation is 2. The van der Waals surface area contributed by atoms with Gasteiger partial charge in [0.1, 0.15) is 4.83 Å². The van der Waals surface area contributed by atoms with Crippen LogP contribution in [-0.2, 0) is 34.2 Å². The predicted octanol–water partition coefficient (Wildman–Crippen LogP) is 4.28. The van der Waals surface area contributed by atoms with Gasteiger partial charge in [-0.05, 0) is 49.4 Å². The van der Waals surface area contributed by atoms with Crippen molar-refractivity contribution >= 4 is 54.9 Å². The van der Waals surface area contributed by atoms with Crippen molar-refractivity contribution in [2.24, 2.45) is 0 Å². The quantitative estimate of drug-likeness (QED) is 0.231. The van der Waals surface area contributed by atoms with Gasteiger partial charge < -0.3 is 5.32 Å². The molecular formula is C25H30N4O4S3. The largest absolute Gasteiger partial charge is 0.325 e. The Hall–Kier alpha value is -2.47. The number of anilines is 1. The number of rotatable bonds is 10. The molecule has 8 nitrogen and oxygen atoms in total. The van der Waals surface area contributed by atoms with E-state index in [1.54, 1.807) is 48.0 Å². The van der Waals surface area contributed by atoms with Crippen LogP contribution in [0, 0.1) is 0 Å². The molecule has 0 spiro atoms. The van der Waals surface area contributed by atoms with Crippen LogP contribution in [-0.4, -0.2) is 47.0 Å². The SMILES string of the molecule is C=CCn1c(SCC(=O)Nc2cccc(S(=O)(=O)N(CC)CC)c2)nc2sc3c(c2c1=O)CCCC3. The van der Waals surface area contributed by atoms with E-state index in [-0.39, 0.29) is 22.1 Å². The van der Waals surface area contributed by atoms with Gasteiger partial charge in [0.25, 0.3) is 5.56 Å². The molecule has 4 rings (SSSR count). The fourth-order valence-corrected chi connectivity index (χ4v) is 8.01. The third-order valence-corrected chi connectivity index (χ3v) is 10.4. The minimum atomic E-state index is -3.63. The summed E-state index contributed by atoms with van der Waals surface area (Å²) in [4.78, 5) is 32.9. The third kappa shape index (κ3) is 5.29. The molecule has 11 heteroatoms. The van der Waals surface area contributed by atoms with E-state index in [2.05, 4.69) is 11.9 Å². The van der Waals surface area contributed by atoms with Crippen LogP contribution in [0.1, 0.15) is 37.1 Å². The van der Waals surface area contributed by atoms with Crippen LogP contribution in [0.2, 0.25) is 0 Å². The standard InChI is InChI=1S/C25H30N4O4S3/c1-4-14-29-24(31)22-19-12-7-8-13-20(19)35-23(22)27-25(29)34-16-21(30)26-17-10-9-11-18(15-17)36(32,33)28(5-2)6-3/h4,9-11,15H,1,5-8,12-14,16H2,2-3H3,(H,26,30). The molecule has 1 amide bonds. The molecule has 192 valence electrons. The lowest BCUT2D eigenvalue weighted by molar-refractivity contribution is -0.113. The molecule has 0 aliphatic heterocycles. The van der Waals surface area contributed by atoms with Gasteiger partial charge in [0.15, 0.2) is 5.16 Å². The summed E-state index contributed by atoms with van der Waals surface area (Å²) in [6.07, 6.45) is 5.73. The summed E-state index contributed by atoms with van der Waals surface area (Å²) >= 11 is 2.76. The highest BCUT2D eigenvalue weighted by molar-refractivity contribution is 7.99. The molecule has 0 fully saturated rings. The van der Waals surface area contributed by atoms with Crippen LogP contribution in [0.5, 0.6) is 0 Å². The van der Waals surface area contributed by atoms with E-state index in [1.165, 1.54) is 33.1 Å². The maximum absolute atomic E-state index is 13.4. The molecule has 0 saturated heterocycles. The van der Waals surface area contributed by atoms with Gasteiger partial charge >= 0.3 is 0 Å². The van der Waals surface area contributed by atoms with Gasteiger partial charge in [0.2, 0.25) is 15.9 Å². The third-order valence-electron chi connectivity index (χ3n) is 6.14. The molecule has 2 aromatic heterocycles. The van der Waals surface area contributed by atoms with Gasteiger partial charge in [-0.25, -0.2) is 13.4 Å². The number of hydrogen-bond acceptors (Lipinski definition) is 7. The van der Waals surface area contributed by atoms with Crippen LogP contribution in [0.4, 0.5) is 5.69 Å². The molecule has 2 heterocycles. The summed E-state index contributed by atoms with van der Waals surface area (Å²) in [5.74, 6) is -0.296. The van der Waals surface area contributed by atoms with Crippen molar-refractivity contribution in [2.45, 2.75) is 56.1 Å². The zero-order chi connectivity index (χ0) is 25.9. The number of aromatic nitrogens is 2. The molecule has 1 aliphatic carbocycles. The Labute approximate surface area is 219 Å². The van der Waals surface area contributed by atoms with Crippen molar-refractivity contribution in [3.8, 4) is 0 Å². The molecule has 1 aliphatic rings. The number of amides is 1. The van der Waals surface area contributed by atoms with E-state index in [0.717, 1.165) is 36.1 Å². The first-order chi connectivity index (χ1) is 17.3. The topological polar surface area (TPSA) is 101 Å². The van der Waals surface area contributed by atoms with E-state index in [0.29, 0.717) is 35.9 Å². The number of sulfonamides is 1. The molecule has 0 atom stereocenters. The second-order valence-corrected chi connectivity index (χ2v) is 12.4. The second kappa shape index (κ2) is 11.3. The van der Waals surface area contributed by atoms with Crippen LogP contribution < -0.4 is 10.9 Å². The van der Waals surface area contributed by atoms with E-state index >= 15 is 0 Å². The molecule has 0 radical (unpaired) electrons. The molecule has 3 aromatic rings. The number of nitrogens with one attached hydrogen (secondary N) is 1. The van der Waals surface area contributed by atoms with E-state index < -0.39 is 10.0 Å². The Morgan fingerprint density at radius 3 is 2.75 bits per heavy atom. The molecule has 0 unspecified atom stereocenters. The van der Waals surface area contributed by atoms with E-state index in [9.17, 15) is 18.0 Å². The predicted molar refractivity (Wildman–Crippen MR) is 147 cm³/mol. The van der Waals surface area contributed by atoms with Crippen molar-refractivity contribution < 1.29 is 13.2 Å². The molecule has 36 heavy (non-hydrogen) atoms. The summed E-state index contributed by atoms with van der Waals surface area (Å²) < 4.78 is 28.6. The number of fused-ring (bicyclic) bond motifs is 3. The summed E-state index contributed by atoms with van der Waals surface area (Å²) in [7, 11) is -3.63. The Bertz CT molecular complexity index is 1460. The number of carbonyl (C=O) groups is 1. The van der Waals surface area contributed by atoms with Gasteiger partial charge in [-0.3, -0.25) is 14.2 Å². The first-order valence-electron chi connectivity index (χ1n) is 12.0. The number of thiophene rings is 1. The zero-order valence-electron chi connectivity index (χ0n) is 20.5.